The Kier molecular flexibility index (Phi) is 4.43. The van der Waals surface area contributed by atoms with Gasteiger partial charge in [-0.3, -0.25) is 15.8 Å². The van der Waals surface area contributed by atoms with E-state index in [-0.39, 0.29) is 0 Å². The highest BCUT2D eigenvalue weighted by atomic mass is 15.4. The first-order valence-electron chi connectivity index (χ1n) is 9.79. The molecule has 2 N–H and O–H groups in total. The molecule has 1 atom stereocenters. The van der Waals surface area contributed by atoms with Gasteiger partial charge in [0.15, 0.2) is 5.82 Å². The Morgan fingerprint density at radius 2 is 1.74 bits per heavy atom. The third-order valence-electron chi connectivity index (χ3n) is 5.80. The minimum atomic E-state index is 0.613. The highest BCUT2D eigenvalue weighted by Crippen LogP contribution is 2.31. The number of benzene rings is 1. The molecule has 6 nitrogen and oxygen atoms in total. The molecule has 2 aliphatic heterocycles. The van der Waals surface area contributed by atoms with Crippen molar-refractivity contribution >= 4 is 16.7 Å². The standard InChI is InChI=1S/C21H24N6/c1-2-4-19-17(3-1)21(25-20(24-19)16-5-10-22-11-6-16)27-13-8-15(9-14-27)18-7-12-23-26-18/h1-6,10-11,15,18,23,26H,7-9,12-14H2. The molecule has 0 aliphatic carbocycles. The first-order valence-corrected chi connectivity index (χ1v) is 9.79. The maximum Gasteiger partial charge on any atom is 0.162 e. The quantitative estimate of drug-likeness (QED) is 0.749. The Labute approximate surface area is 159 Å². The van der Waals surface area contributed by atoms with E-state index >= 15 is 0 Å². The summed E-state index contributed by atoms with van der Waals surface area (Å²) < 4.78 is 0. The predicted octanol–water partition coefficient (Wildman–Crippen LogP) is 2.77. The van der Waals surface area contributed by atoms with E-state index in [4.69, 9.17) is 9.97 Å². The number of pyridine rings is 1. The monoisotopic (exact) mass is 360 g/mol. The van der Waals surface area contributed by atoms with Crippen LogP contribution in [0.3, 0.4) is 0 Å². The Hall–Kier alpha value is -2.57. The third-order valence-corrected chi connectivity index (χ3v) is 5.80. The van der Waals surface area contributed by atoms with Crippen LogP contribution in [0.4, 0.5) is 5.82 Å². The lowest BCUT2D eigenvalue weighted by molar-refractivity contribution is 0.310. The topological polar surface area (TPSA) is 66.0 Å². The van der Waals surface area contributed by atoms with Crippen molar-refractivity contribution in [2.75, 3.05) is 24.5 Å². The molecular formula is C21H24N6. The van der Waals surface area contributed by atoms with Crippen molar-refractivity contribution in [3.05, 3.63) is 48.8 Å². The molecule has 3 aromatic rings. The summed E-state index contributed by atoms with van der Waals surface area (Å²) in [7, 11) is 0. The molecule has 4 heterocycles. The van der Waals surface area contributed by atoms with E-state index in [0.29, 0.717) is 6.04 Å². The second-order valence-corrected chi connectivity index (χ2v) is 7.41. The van der Waals surface area contributed by atoms with Gasteiger partial charge < -0.3 is 4.90 Å². The molecule has 1 unspecified atom stereocenters. The molecule has 0 amide bonds. The van der Waals surface area contributed by atoms with E-state index < -0.39 is 0 Å². The van der Waals surface area contributed by atoms with Gasteiger partial charge in [0, 0.05) is 49.0 Å². The zero-order valence-electron chi connectivity index (χ0n) is 15.3. The largest absolute Gasteiger partial charge is 0.356 e. The maximum absolute atomic E-state index is 4.98. The fourth-order valence-electron chi connectivity index (χ4n) is 4.30. The van der Waals surface area contributed by atoms with Gasteiger partial charge in [0.25, 0.3) is 0 Å². The zero-order chi connectivity index (χ0) is 18.1. The number of hydrazine groups is 1. The lowest BCUT2D eigenvalue weighted by Crippen LogP contribution is -2.43. The van der Waals surface area contributed by atoms with E-state index in [1.165, 1.54) is 19.3 Å². The predicted molar refractivity (Wildman–Crippen MR) is 107 cm³/mol. The molecule has 0 bridgehead atoms. The van der Waals surface area contributed by atoms with E-state index in [1.54, 1.807) is 12.4 Å². The van der Waals surface area contributed by atoms with Crippen molar-refractivity contribution in [2.45, 2.75) is 25.3 Å². The van der Waals surface area contributed by atoms with E-state index in [2.05, 4.69) is 38.9 Å². The molecule has 0 spiro atoms. The zero-order valence-corrected chi connectivity index (χ0v) is 15.3. The van der Waals surface area contributed by atoms with Gasteiger partial charge in [-0.25, -0.2) is 9.97 Å². The van der Waals surface area contributed by atoms with Crippen LogP contribution in [0.5, 0.6) is 0 Å². The Bertz CT molecular complexity index is 914. The molecule has 138 valence electrons. The van der Waals surface area contributed by atoms with Crippen LogP contribution in [0.15, 0.2) is 48.8 Å². The lowest BCUT2D eigenvalue weighted by atomic mass is 9.88. The molecule has 1 aromatic carbocycles. The first kappa shape index (κ1) is 16.6. The average Bonchev–Trinajstić information content (AvgIpc) is 3.29. The van der Waals surface area contributed by atoms with Crippen LogP contribution in [0.25, 0.3) is 22.3 Å². The molecular weight excluding hydrogens is 336 g/mol. The summed E-state index contributed by atoms with van der Waals surface area (Å²) in [5, 5.41) is 1.13. The second-order valence-electron chi connectivity index (χ2n) is 7.41. The molecule has 0 radical (unpaired) electrons. The summed E-state index contributed by atoms with van der Waals surface area (Å²) in [5.41, 5.74) is 8.72. The minimum Gasteiger partial charge on any atom is -0.356 e. The van der Waals surface area contributed by atoms with Crippen molar-refractivity contribution in [2.24, 2.45) is 5.92 Å². The number of piperidine rings is 1. The van der Waals surface area contributed by atoms with E-state index in [9.17, 15) is 0 Å². The number of hydrogen-bond acceptors (Lipinski definition) is 6. The lowest BCUT2D eigenvalue weighted by Gasteiger charge is -2.35. The molecule has 5 rings (SSSR count). The number of fused-ring (bicyclic) bond motifs is 1. The number of para-hydroxylation sites is 1. The number of anilines is 1. The van der Waals surface area contributed by atoms with Crippen LogP contribution in [0, 0.1) is 5.92 Å². The summed E-state index contributed by atoms with van der Waals surface area (Å²) in [6.45, 7) is 3.16. The van der Waals surface area contributed by atoms with Crippen LogP contribution in [0.2, 0.25) is 0 Å². The molecule has 2 fully saturated rings. The molecule has 2 aliphatic rings. The van der Waals surface area contributed by atoms with Gasteiger partial charge in [0.1, 0.15) is 5.82 Å². The van der Waals surface area contributed by atoms with Crippen LogP contribution in [-0.2, 0) is 0 Å². The molecule has 2 aromatic heterocycles. The summed E-state index contributed by atoms with van der Waals surface area (Å²) in [6, 6.07) is 12.9. The van der Waals surface area contributed by atoms with Gasteiger partial charge in [-0.05, 0) is 49.4 Å². The molecule has 6 heteroatoms. The maximum atomic E-state index is 4.98. The average molecular weight is 360 g/mol. The number of hydrogen-bond donors (Lipinski definition) is 2. The van der Waals surface area contributed by atoms with E-state index in [0.717, 1.165) is 53.7 Å². The smallest absolute Gasteiger partial charge is 0.162 e. The summed E-state index contributed by atoms with van der Waals surface area (Å²) in [6.07, 6.45) is 7.21. The van der Waals surface area contributed by atoms with Crippen LogP contribution >= 0.6 is 0 Å². The highest BCUT2D eigenvalue weighted by molar-refractivity contribution is 5.91. The summed E-state index contributed by atoms with van der Waals surface area (Å²) in [4.78, 5) is 16.3. The third kappa shape index (κ3) is 3.26. The van der Waals surface area contributed by atoms with Crippen molar-refractivity contribution in [3.63, 3.8) is 0 Å². The van der Waals surface area contributed by atoms with Crippen molar-refractivity contribution < 1.29 is 0 Å². The van der Waals surface area contributed by atoms with Crippen LogP contribution in [-0.4, -0.2) is 40.6 Å². The SMILES string of the molecule is c1ccc2c(N3CCC(C4CCNN4)CC3)nc(-c3ccncc3)nc2c1. The second kappa shape index (κ2) is 7.21. The van der Waals surface area contributed by atoms with Crippen LogP contribution in [0.1, 0.15) is 19.3 Å². The summed E-state index contributed by atoms with van der Waals surface area (Å²) in [5.74, 6) is 2.57. The van der Waals surface area contributed by atoms with Gasteiger partial charge in [-0.2, -0.15) is 0 Å². The normalized spacial score (nSPS) is 21.0. The van der Waals surface area contributed by atoms with E-state index in [1.807, 2.05) is 18.2 Å². The number of nitrogens with one attached hydrogen (secondary N) is 2. The first-order chi connectivity index (χ1) is 13.4. The number of rotatable bonds is 3. The highest BCUT2D eigenvalue weighted by Gasteiger charge is 2.29. The fourth-order valence-corrected chi connectivity index (χ4v) is 4.30. The van der Waals surface area contributed by atoms with Gasteiger partial charge in [-0.15, -0.1) is 0 Å². The Balaban J connectivity index is 1.47. The van der Waals surface area contributed by atoms with Crippen molar-refractivity contribution in [1.82, 2.24) is 25.8 Å². The summed E-state index contributed by atoms with van der Waals surface area (Å²) >= 11 is 0. The van der Waals surface area contributed by atoms with Gasteiger partial charge in [-0.1, -0.05) is 12.1 Å². The Morgan fingerprint density at radius 1 is 0.926 bits per heavy atom. The van der Waals surface area contributed by atoms with Crippen LogP contribution < -0.4 is 15.8 Å². The van der Waals surface area contributed by atoms with Gasteiger partial charge >= 0.3 is 0 Å². The molecule has 2 saturated heterocycles. The molecule has 27 heavy (non-hydrogen) atoms. The van der Waals surface area contributed by atoms with Gasteiger partial charge in [0.2, 0.25) is 0 Å². The number of aromatic nitrogens is 3. The van der Waals surface area contributed by atoms with Crippen molar-refractivity contribution in [1.29, 1.82) is 0 Å². The van der Waals surface area contributed by atoms with Gasteiger partial charge in [0.05, 0.1) is 5.52 Å². The number of nitrogens with zero attached hydrogens (tertiary/aromatic N) is 4. The fraction of sp³-hybridized carbons (Fsp3) is 0.381. The molecule has 0 saturated carbocycles. The van der Waals surface area contributed by atoms with Crippen molar-refractivity contribution in [3.8, 4) is 11.4 Å². The Morgan fingerprint density at radius 3 is 2.52 bits per heavy atom. The minimum absolute atomic E-state index is 0.613.